The van der Waals surface area contributed by atoms with Crippen molar-refractivity contribution >= 4 is 23.3 Å². The summed E-state index contributed by atoms with van der Waals surface area (Å²) in [5, 5.41) is 2.97. The summed E-state index contributed by atoms with van der Waals surface area (Å²) in [6.07, 6.45) is 8.42. The van der Waals surface area contributed by atoms with Gasteiger partial charge in [-0.1, -0.05) is 11.6 Å². The van der Waals surface area contributed by atoms with E-state index in [2.05, 4.69) is 10.2 Å². The molecule has 1 aromatic rings. The molecule has 0 radical (unpaired) electrons. The quantitative estimate of drug-likeness (QED) is 0.662. The molecule has 0 bridgehead atoms. The molecule has 1 aliphatic heterocycles. The minimum atomic E-state index is -0.468. The Morgan fingerprint density at radius 1 is 1.26 bits per heavy atom. The Bertz CT molecular complexity index is 679. The number of urea groups is 1. The van der Waals surface area contributed by atoms with Crippen molar-refractivity contribution in [3.63, 3.8) is 0 Å². The number of hydrogen-bond donors (Lipinski definition) is 1. The highest BCUT2D eigenvalue weighted by Crippen LogP contribution is 2.53. The number of fused-ring (bicyclic) bond motifs is 1. The van der Waals surface area contributed by atoms with Crippen LogP contribution in [0.3, 0.4) is 0 Å². The van der Waals surface area contributed by atoms with Crippen LogP contribution in [0, 0.1) is 17.7 Å². The number of nitrogens with one attached hydrogen (secondary N) is 1. The number of nitrogens with zero attached hydrogens (tertiary/aromatic N) is 2. The normalized spacial score (nSPS) is 26.8. The van der Waals surface area contributed by atoms with Gasteiger partial charge in [0.2, 0.25) is 0 Å². The molecule has 0 spiro atoms. The van der Waals surface area contributed by atoms with Gasteiger partial charge in [-0.3, -0.25) is 0 Å². The van der Waals surface area contributed by atoms with Gasteiger partial charge in [-0.25, -0.2) is 9.18 Å². The highest BCUT2D eigenvalue weighted by molar-refractivity contribution is 6.31. The monoisotopic (exact) mass is 393 g/mol. The molecule has 2 aliphatic carbocycles. The molecule has 3 atom stereocenters. The smallest absolute Gasteiger partial charge is 0.321 e. The molecule has 4 nitrogen and oxygen atoms in total. The van der Waals surface area contributed by atoms with Crippen LogP contribution >= 0.6 is 11.6 Å². The zero-order valence-electron chi connectivity index (χ0n) is 15.8. The number of benzene rings is 1. The number of unbranched alkanes of at least 4 members (excludes halogenated alkanes) is 1. The summed E-state index contributed by atoms with van der Waals surface area (Å²) in [4.78, 5) is 17.5. The van der Waals surface area contributed by atoms with E-state index in [1.807, 2.05) is 4.90 Å². The molecule has 4 rings (SSSR count). The Morgan fingerprint density at radius 2 is 2.07 bits per heavy atom. The Kier molecular flexibility index (Phi) is 5.88. The molecule has 3 aliphatic rings. The number of carbonyl (C=O) groups excluding carboxylic acids is 1. The SMILES string of the molecule is O=C(Nc1ccc(F)c(Cl)c1)N(CCCCN1CCCC1)C1CCC2CC21. The molecule has 27 heavy (non-hydrogen) atoms. The van der Waals surface area contributed by atoms with Crippen molar-refractivity contribution in [1.29, 1.82) is 0 Å². The molecule has 2 saturated carbocycles. The maximum Gasteiger partial charge on any atom is 0.322 e. The minimum absolute atomic E-state index is 0.0353. The highest BCUT2D eigenvalue weighted by atomic mass is 35.5. The number of carbonyl (C=O) groups is 1. The lowest BCUT2D eigenvalue weighted by molar-refractivity contribution is 0.177. The molecule has 1 N–H and O–H groups in total. The summed E-state index contributed by atoms with van der Waals surface area (Å²) < 4.78 is 13.4. The zero-order chi connectivity index (χ0) is 18.8. The number of halogens is 2. The fraction of sp³-hybridized carbons (Fsp3) is 0.667. The molecular formula is C21H29ClFN3O. The molecule has 148 valence electrons. The molecule has 1 aromatic carbocycles. The number of likely N-dealkylation sites (tertiary alicyclic amines) is 1. The highest BCUT2D eigenvalue weighted by Gasteiger charge is 2.51. The van der Waals surface area contributed by atoms with Gasteiger partial charge in [0.05, 0.1) is 5.02 Å². The van der Waals surface area contributed by atoms with E-state index < -0.39 is 5.82 Å². The fourth-order valence-electron chi connectivity index (χ4n) is 4.87. The predicted octanol–water partition coefficient (Wildman–Crippen LogP) is 4.99. The minimum Gasteiger partial charge on any atom is -0.321 e. The van der Waals surface area contributed by atoms with Gasteiger partial charge in [-0.05, 0) is 94.6 Å². The molecule has 3 unspecified atom stereocenters. The Morgan fingerprint density at radius 3 is 2.74 bits per heavy atom. The summed E-state index contributed by atoms with van der Waals surface area (Å²) in [5.41, 5.74) is 0.554. The molecule has 1 saturated heterocycles. The second-order valence-corrected chi connectivity index (χ2v) is 8.72. The van der Waals surface area contributed by atoms with Gasteiger partial charge in [0.15, 0.2) is 0 Å². The number of anilines is 1. The second-order valence-electron chi connectivity index (χ2n) is 8.31. The van der Waals surface area contributed by atoms with Crippen LogP contribution in [0.1, 0.15) is 44.9 Å². The number of hydrogen-bond acceptors (Lipinski definition) is 2. The second kappa shape index (κ2) is 8.36. The summed E-state index contributed by atoms with van der Waals surface area (Å²) in [5.74, 6) is 1.05. The van der Waals surface area contributed by atoms with Crippen molar-refractivity contribution in [2.45, 2.75) is 51.0 Å². The van der Waals surface area contributed by atoms with E-state index in [1.165, 1.54) is 50.9 Å². The molecule has 2 amide bonds. The topological polar surface area (TPSA) is 35.6 Å². The van der Waals surface area contributed by atoms with Crippen LogP contribution in [0.15, 0.2) is 18.2 Å². The number of amides is 2. The van der Waals surface area contributed by atoms with Crippen LogP contribution in [0.4, 0.5) is 14.9 Å². The van der Waals surface area contributed by atoms with Crippen molar-refractivity contribution in [2.75, 3.05) is 31.5 Å². The van der Waals surface area contributed by atoms with Crippen LogP contribution in [-0.2, 0) is 0 Å². The van der Waals surface area contributed by atoms with E-state index in [9.17, 15) is 9.18 Å². The lowest BCUT2D eigenvalue weighted by Gasteiger charge is -2.31. The van der Waals surface area contributed by atoms with Gasteiger partial charge in [0.1, 0.15) is 5.82 Å². The van der Waals surface area contributed by atoms with Crippen molar-refractivity contribution < 1.29 is 9.18 Å². The molecule has 3 fully saturated rings. The first-order valence-corrected chi connectivity index (χ1v) is 10.7. The van der Waals surface area contributed by atoms with Gasteiger partial charge >= 0.3 is 6.03 Å². The Labute approximate surface area is 166 Å². The first-order valence-electron chi connectivity index (χ1n) is 10.4. The summed E-state index contributed by atoms with van der Waals surface area (Å²) in [6.45, 7) is 4.38. The van der Waals surface area contributed by atoms with Crippen molar-refractivity contribution in [3.8, 4) is 0 Å². The number of rotatable bonds is 7. The summed E-state index contributed by atoms with van der Waals surface area (Å²) in [6, 6.07) is 4.63. The summed E-state index contributed by atoms with van der Waals surface area (Å²) in [7, 11) is 0. The van der Waals surface area contributed by atoms with Gasteiger partial charge in [0.25, 0.3) is 0 Å². The van der Waals surface area contributed by atoms with Gasteiger partial charge in [-0.2, -0.15) is 0 Å². The predicted molar refractivity (Wildman–Crippen MR) is 107 cm³/mol. The largest absolute Gasteiger partial charge is 0.322 e. The van der Waals surface area contributed by atoms with E-state index in [1.54, 1.807) is 6.07 Å². The fourth-order valence-corrected chi connectivity index (χ4v) is 5.05. The van der Waals surface area contributed by atoms with E-state index in [0.29, 0.717) is 17.6 Å². The maximum absolute atomic E-state index is 13.4. The van der Waals surface area contributed by atoms with E-state index in [0.717, 1.165) is 38.3 Å². The average Bonchev–Trinajstić information content (AvgIpc) is 3.04. The third-order valence-electron chi connectivity index (χ3n) is 6.46. The van der Waals surface area contributed by atoms with Crippen molar-refractivity contribution in [1.82, 2.24) is 9.80 Å². The maximum atomic E-state index is 13.4. The standard InChI is InChI=1S/C21H29ClFN3O/c22-18-14-16(6-7-19(18)23)24-21(27)26(20-8-5-15-13-17(15)20)12-4-3-11-25-9-1-2-10-25/h6-7,14-15,17,20H,1-5,8-13H2,(H,24,27). The Hall–Kier alpha value is -1.33. The van der Waals surface area contributed by atoms with Gasteiger partial charge in [0, 0.05) is 18.3 Å². The van der Waals surface area contributed by atoms with Crippen LogP contribution < -0.4 is 5.32 Å². The van der Waals surface area contributed by atoms with Crippen molar-refractivity contribution in [2.24, 2.45) is 11.8 Å². The Balaban J connectivity index is 1.34. The third-order valence-corrected chi connectivity index (χ3v) is 6.75. The molecular weight excluding hydrogens is 365 g/mol. The lowest BCUT2D eigenvalue weighted by Crippen LogP contribution is -2.44. The van der Waals surface area contributed by atoms with Gasteiger partial charge in [-0.15, -0.1) is 0 Å². The molecule has 6 heteroatoms. The van der Waals surface area contributed by atoms with E-state index in [-0.39, 0.29) is 11.1 Å². The van der Waals surface area contributed by atoms with Crippen LogP contribution in [0.5, 0.6) is 0 Å². The first-order chi connectivity index (χ1) is 13.1. The van der Waals surface area contributed by atoms with Crippen LogP contribution in [0.25, 0.3) is 0 Å². The zero-order valence-corrected chi connectivity index (χ0v) is 16.6. The van der Waals surface area contributed by atoms with Gasteiger partial charge < -0.3 is 15.1 Å². The molecule has 0 aromatic heterocycles. The van der Waals surface area contributed by atoms with Crippen LogP contribution in [0.2, 0.25) is 5.02 Å². The van der Waals surface area contributed by atoms with E-state index in [4.69, 9.17) is 11.6 Å². The lowest BCUT2D eigenvalue weighted by atomic mass is 10.1. The van der Waals surface area contributed by atoms with Crippen molar-refractivity contribution in [3.05, 3.63) is 29.0 Å². The molecule has 1 heterocycles. The van der Waals surface area contributed by atoms with Crippen LogP contribution in [-0.4, -0.2) is 48.1 Å². The summed E-state index contributed by atoms with van der Waals surface area (Å²) >= 11 is 5.85. The first kappa shape index (κ1) is 19.0. The third kappa shape index (κ3) is 4.57. The van der Waals surface area contributed by atoms with E-state index >= 15 is 0 Å². The average molecular weight is 394 g/mol.